The predicted octanol–water partition coefficient (Wildman–Crippen LogP) is 0.280. The van der Waals surface area contributed by atoms with Crippen molar-refractivity contribution >= 4 is 17.1 Å². The Labute approximate surface area is 67.6 Å². The second-order valence-electron chi connectivity index (χ2n) is 2.99. The molecule has 58 valence electrons. The molecule has 1 fully saturated rings. The quantitative estimate of drug-likeness (QED) is 0.581. The van der Waals surface area contributed by atoms with Crippen LogP contribution in [0, 0.1) is 0 Å². The summed E-state index contributed by atoms with van der Waals surface area (Å²) < 4.78 is 0. The van der Waals surface area contributed by atoms with Gasteiger partial charge in [-0.05, 0) is 20.5 Å². The highest BCUT2D eigenvalue weighted by Crippen LogP contribution is 2.03. The molecular formula is C7H14N2S. The topological polar surface area (TPSA) is 15.3 Å². The highest BCUT2D eigenvalue weighted by molar-refractivity contribution is 7.80. The summed E-state index contributed by atoms with van der Waals surface area (Å²) in [7, 11) is 4.14. The number of nitrogens with one attached hydrogen (secondary N) is 1. The Kier molecular flexibility index (Phi) is 2.77. The average molecular weight is 158 g/mol. The Balaban J connectivity index is 2.33. The number of hydrogen-bond acceptors (Lipinski definition) is 3. The average Bonchev–Trinajstić information content (AvgIpc) is 2.15. The van der Waals surface area contributed by atoms with Crippen LogP contribution in [0.5, 0.6) is 0 Å². The van der Waals surface area contributed by atoms with E-state index >= 15 is 0 Å². The molecule has 1 rings (SSSR count). The zero-order valence-electron chi connectivity index (χ0n) is 6.55. The van der Waals surface area contributed by atoms with Crippen molar-refractivity contribution in [1.29, 1.82) is 0 Å². The van der Waals surface area contributed by atoms with Crippen molar-refractivity contribution in [1.82, 2.24) is 10.2 Å². The summed E-state index contributed by atoms with van der Waals surface area (Å²) in [4.78, 5) is 3.35. The van der Waals surface area contributed by atoms with Crippen molar-refractivity contribution in [3.05, 3.63) is 0 Å². The Morgan fingerprint density at radius 1 is 1.70 bits per heavy atom. The molecule has 1 N–H and O–H groups in total. The maximum atomic E-state index is 5.17. The third-order valence-corrected chi connectivity index (χ3v) is 2.19. The van der Waals surface area contributed by atoms with Crippen molar-refractivity contribution in [2.24, 2.45) is 0 Å². The normalized spacial score (nSPS) is 26.3. The standard InChI is InChI=1S/C7H14N2S/c1-9(2)5-6-7(10)3-4-8-6/h6,8H,3-5H2,1-2H3. The van der Waals surface area contributed by atoms with Gasteiger partial charge in [0.1, 0.15) is 0 Å². The molecule has 1 heterocycles. The molecule has 0 saturated carbocycles. The molecule has 0 spiro atoms. The van der Waals surface area contributed by atoms with E-state index in [1.54, 1.807) is 0 Å². The van der Waals surface area contributed by atoms with Gasteiger partial charge in [-0.3, -0.25) is 0 Å². The summed E-state index contributed by atoms with van der Waals surface area (Å²) in [6.07, 6.45) is 1.08. The molecule has 0 aromatic heterocycles. The lowest BCUT2D eigenvalue weighted by Gasteiger charge is -2.15. The van der Waals surface area contributed by atoms with Crippen molar-refractivity contribution in [2.75, 3.05) is 27.2 Å². The van der Waals surface area contributed by atoms with Crippen molar-refractivity contribution < 1.29 is 0 Å². The van der Waals surface area contributed by atoms with Crippen LogP contribution >= 0.6 is 12.2 Å². The van der Waals surface area contributed by atoms with Gasteiger partial charge in [-0.25, -0.2) is 0 Å². The summed E-state index contributed by atoms with van der Waals surface area (Å²) in [5.41, 5.74) is 0. The van der Waals surface area contributed by atoms with Gasteiger partial charge in [-0.1, -0.05) is 12.2 Å². The van der Waals surface area contributed by atoms with Crippen molar-refractivity contribution in [3.63, 3.8) is 0 Å². The highest BCUT2D eigenvalue weighted by atomic mass is 32.1. The molecule has 0 aliphatic carbocycles. The van der Waals surface area contributed by atoms with E-state index in [1.807, 2.05) is 0 Å². The summed E-state index contributed by atoms with van der Waals surface area (Å²) in [6, 6.07) is 0.463. The largest absolute Gasteiger partial charge is 0.308 e. The summed E-state index contributed by atoms with van der Waals surface area (Å²) in [5, 5.41) is 3.35. The molecule has 3 heteroatoms. The van der Waals surface area contributed by atoms with Crippen LogP contribution in [0.15, 0.2) is 0 Å². The number of hydrogen-bond donors (Lipinski definition) is 1. The number of likely N-dealkylation sites (N-methyl/N-ethyl adjacent to an activating group) is 1. The molecule has 0 amide bonds. The summed E-state index contributed by atoms with van der Waals surface area (Å²) in [5.74, 6) is 0. The van der Waals surface area contributed by atoms with Crippen LogP contribution in [0.2, 0.25) is 0 Å². The second kappa shape index (κ2) is 3.42. The summed E-state index contributed by atoms with van der Waals surface area (Å²) in [6.45, 7) is 2.11. The lowest BCUT2D eigenvalue weighted by atomic mass is 10.2. The first kappa shape index (κ1) is 8.11. The van der Waals surface area contributed by atoms with E-state index in [-0.39, 0.29) is 0 Å². The fourth-order valence-electron chi connectivity index (χ4n) is 1.19. The molecule has 1 atom stereocenters. The maximum absolute atomic E-state index is 5.17. The number of rotatable bonds is 2. The van der Waals surface area contributed by atoms with Gasteiger partial charge in [0.25, 0.3) is 0 Å². The van der Waals surface area contributed by atoms with E-state index in [4.69, 9.17) is 12.2 Å². The molecular weight excluding hydrogens is 144 g/mol. The van der Waals surface area contributed by atoms with Gasteiger partial charge < -0.3 is 10.2 Å². The third-order valence-electron chi connectivity index (χ3n) is 1.70. The van der Waals surface area contributed by atoms with Gasteiger partial charge in [-0.15, -0.1) is 0 Å². The zero-order chi connectivity index (χ0) is 7.56. The Bertz CT molecular complexity index is 134. The Morgan fingerprint density at radius 2 is 2.40 bits per heavy atom. The Morgan fingerprint density at radius 3 is 2.80 bits per heavy atom. The van der Waals surface area contributed by atoms with E-state index in [0.29, 0.717) is 6.04 Å². The van der Waals surface area contributed by atoms with Crippen LogP contribution in [-0.4, -0.2) is 43.0 Å². The van der Waals surface area contributed by atoms with Crippen LogP contribution in [0.1, 0.15) is 6.42 Å². The van der Waals surface area contributed by atoms with Crippen LogP contribution < -0.4 is 5.32 Å². The van der Waals surface area contributed by atoms with E-state index < -0.39 is 0 Å². The molecule has 2 nitrogen and oxygen atoms in total. The van der Waals surface area contributed by atoms with Crippen LogP contribution in [0.25, 0.3) is 0 Å². The van der Waals surface area contributed by atoms with Crippen molar-refractivity contribution in [3.8, 4) is 0 Å². The number of thiocarbonyl (C=S) groups is 1. The van der Waals surface area contributed by atoms with E-state index in [1.165, 1.54) is 4.86 Å². The molecule has 1 aliphatic rings. The van der Waals surface area contributed by atoms with E-state index in [0.717, 1.165) is 19.5 Å². The first-order valence-corrected chi connectivity index (χ1v) is 4.02. The van der Waals surface area contributed by atoms with Gasteiger partial charge >= 0.3 is 0 Å². The molecule has 1 saturated heterocycles. The monoisotopic (exact) mass is 158 g/mol. The Hall–Kier alpha value is 0.01000. The SMILES string of the molecule is CN(C)CC1NCCC1=S. The fraction of sp³-hybridized carbons (Fsp3) is 0.857. The highest BCUT2D eigenvalue weighted by Gasteiger charge is 2.19. The third kappa shape index (κ3) is 2.01. The minimum absolute atomic E-state index is 0.463. The molecule has 1 aliphatic heterocycles. The molecule has 0 radical (unpaired) electrons. The zero-order valence-corrected chi connectivity index (χ0v) is 7.37. The number of nitrogens with zero attached hydrogens (tertiary/aromatic N) is 1. The van der Waals surface area contributed by atoms with Gasteiger partial charge in [0.15, 0.2) is 0 Å². The van der Waals surface area contributed by atoms with Crippen LogP contribution in [-0.2, 0) is 0 Å². The minimum Gasteiger partial charge on any atom is -0.308 e. The van der Waals surface area contributed by atoms with E-state index in [2.05, 4.69) is 24.3 Å². The van der Waals surface area contributed by atoms with Crippen LogP contribution in [0.4, 0.5) is 0 Å². The summed E-state index contributed by atoms with van der Waals surface area (Å²) >= 11 is 5.17. The lowest BCUT2D eigenvalue weighted by molar-refractivity contribution is 0.387. The van der Waals surface area contributed by atoms with E-state index in [9.17, 15) is 0 Å². The fourth-order valence-corrected chi connectivity index (χ4v) is 1.45. The van der Waals surface area contributed by atoms with Gasteiger partial charge in [-0.2, -0.15) is 0 Å². The minimum atomic E-state index is 0.463. The molecule has 0 bridgehead atoms. The van der Waals surface area contributed by atoms with Crippen LogP contribution in [0.3, 0.4) is 0 Å². The second-order valence-corrected chi connectivity index (χ2v) is 3.51. The van der Waals surface area contributed by atoms with Gasteiger partial charge in [0.05, 0.1) is 6.04 Å². The first-order chi connectivity index (χ1) is 4.70. The lowest BCUT2D eigenvalue weighted by Crippen LogP contribution is -2.36. The molecule has 1 unspecified atom stereocenters. The van der Waals surface area contributed by atoms with Gasteiger partial charge in [0.2, 0.25) is 0 Å². The molecule has 0 aromatic carbocycles. The molecule has 10 heavy (non-hydrogen) atoms. The first-order valence-electron chi connectivity index (χ1n) is 3.61. The smallest absolute Gasteiger partial charge is 0.0513 e. The maximum Gasteiger partial charge on any atom is 0.0513 e. The predicted molar refractivity (Wildman–Crippen MR) is 47.6 cm³/mol. The van der Waals surface area contributed by atoms with Crippen molar-refractivity contribution in [2.45, 2.75) is 12.5 Å². The van der Waals surface area contributed by atoms with Gasteiger partial charge in [0, 0.05) is 18.0 Å². The molecule has 0 aromatic rings.